The highest BCUT2D eigenvalue weighted by atomic mass is 19.4. The minimum Gasteiger partial charge on any atom is -0.386 e. The summed E-state index contributed by atoms with van der Waals surface area (Å²) in [5.41, 5.74) is -0.222. The van der Waals surface area contributed by atoms with E-state index >= 15 is 0 Å². The van der Waals surface area contributed by atoms with Gasteiger partial charge < -0.3 is 4.74 Å². The fourth-order valence-electron chi connectivity index (χ4n) is 1.02. The fraction of sp³-hybridized carbons (Fsp3) is 0.222. The van der Waals surface area contributed by atoms with E-state index in [0.29, 0.717) is 0 Å². The molecule has 0 spiro atoms. The Labute approximate surface area is 88.5 Å². The monoisotopic (exact) mass is 227 g/mol. The van der Waals surface area contributed by atoms with Gasteiger partial charge in [-0.15, -0.1) is 13.2 Å². The number of hydrogen-bond donors (Lipinski definition) is 0. The Hall–Kier alpha value is -2.28. The molecule has 0 fully saturated rings. The van der Waals surface area contributed by atoms with E-state index in [1.165, 1.54) is 12.1 Å². The molecule has 0 N–H and O–H groups in total. The Morgan fingerprint density at radius 1 is 1.38 bits per heavy atom. The van der Waals surface area contributed by atoms with Crippen molar-refractivity contribution in [1.82, 2.24) is 4.98 Å². The van der Waals surface area contributed by atoms with E-state index in [-0.39, 0.29) is 17.5 Å². The first-order chi connectivity index (χ1) is 7.48. The lowest BCUT2D eigenvalue weighted by atomic mass is 10.1. The highest BCUT2D eigenvalue weighted by Crippen LogP contribution is 2.25. The summed E-state index contributed by atoms with van der Waals surface area (Å²) in [6.07, 6.45) is -4.04. The predicted octanol–water partition coefficient (Wildman–Crippen LogP) is 1.92. The van der Waals surface area contributed by atoms with Crippen molar-refractivity contribution in [3.8, 4) is 18.0 Å². The Balaban J connectivity index is 3.16. The van der Waals surface area contributed by atoms with Crippen LogP contribution in [0.4, 0.5) is 13.2 Å². The van der Waals surface area contributed by atoms with Crippen LogP contribution in [-0.4, -0.2) is 11.3 Å². The molecule has 1 heterocycles. The molecule has 0 radical (unpaired) electrons. The molecule has 0 saturated carbocycles. The van der Waals surface area contributed by atoms with Gasteiger partial charge in [0.05, 0.1) is 12.5 Å². The predicted molar refractivity (Wildman–Crippen MR) is 45.0 cm³/mol. The van der Waals surface area contributed by atoms with E-state index in [9.17, 15) is 13.2 Å². The first kappa shape index (κ1) is 11.8. The first-order valence-electron chi connectivity index (χ1n) is 3.98. The molecule has 1 aromatic rings. The molecule has 4 nitrogen and oxygen atoms in total. The number of alkyl halides is 3. The quantitative estimate of drug-likeness (QED) is 0.773. The molecule has 1 aromatic heterocycles. The van der Waals surface area contributed by atoms with Gasteiger partial charge in [0.25, 0.3) is 0 Å². The fourth-order valence-corrected chi connectivity index (χ4v) is 1.02. The van der Waals surface area contributed by atoms with Crippen LogP contribution >= 0.6 is 0 Å². The van der Waals surface area contributed by atoms with Gasteiger partial charge in [-0.05, 0) is 11.6 Å². The largest absolute Gasteiger partial charge is 0.574 e. The zero-order valence-electron chi connectivity index (χ0n) is 7.75. The molecule has 0 aliphatic rings. The summed E-state index contributed by atoms with van der Waals surface area (Å²) < 4.78 is 39.4. The lowest BCUT2D eigenvalue weighted by Gasteiger charge is -2.10. The normalized spacial score (nSPS) is 10.3. The highest BCUT2D eigenvalue weighted by Gasteiger charge is 2.33. The number of rotatable bonds is 2. The van der Waals surface area contributed by atoms with Crippen LogP contribution in [-0.2, 0) is 6.42 Å². The third-order valence-electron chi connectivity index (χ3n) is 1.60. The maximum Gasteiger partial charge on any atom is 0.574 e. The maximum atomic E-state index is 11.9. The Bertz CT molecular complexity index is 470. The number of ether oxygens (including phenoxy) is 1. The standard InChI is InChI=1S/C9H4F3N3O/c10-9(11,12)16-8-7(5-14)6(1-3-13)2-4-15-8/h2,4H,1H2. The first-order valence-corrected chi connectivity index (χ1v) is 3.98. The second kappa shape index (κ2) is 4.49. The number of nitrogens with zero attached hydrogens (tertiary/aromatic N) is 3. The summed E-state index contributed by atoms with van der Waals surface area (Å²) in [5.74, 6) is -0.831. The molecular formula is C9H4F3N3O. The second-order valence-electron chi connectivity index (χ2n) is 2.64. The lowest BCUT2D eigenvalue weighted by molar-refractivity contribution is -0.276. The molecule has 1 rings (SSSR count). The minimum atomic E-state index is -4.91. The third kappa shape index (κ3) is 2.85. The Kier molecular flexibility index (Phi) is 3.31. The molecule has 7 heteroatoms. The van der Waals surface area contributed by atoms with Gasteiger partial charge in [0.1, 0.15) is 11.6 Å². The van der Waals surface area contributed by atoms with Crippen molar-refractivity contribution in [3.63, 3.8) is 0 Å². The van der Waals surface area contributed by atoms with Crippen LogP contribution in [0.1, 0.15) is 11.1 Å². The van der Waals surface area contributed by atoms with Gasteiger partial charge in [-0.1, -0.05) is 0 Å². The molecular weight excluding hydrogens is 223 g/mol. The molecule has 0 unspecified atom stereocenters. The van der Waals surface area contributed by atoms with E-state index in [0.717, 1.165) is 6.20 Å². The van der Waals surface area contributed by atoms with Gasteiger partial charge in [-0.25, -0.2) is 4.98 Å². The highest BCUT2D eigenvalue weighted by molar-refractivity contribution is 5.45. The lowest BCUT2D eigenvalue weighted by Crippen LogP contribution is -2.19. The van der Waals surface area contributed by atoms with Crippen molar-refractivity contribution in [2.75, 3.05) is 0 Å². The SMILES string of the molecule is N#CCc1ccnc(OC(F)(F)F)c1C#N. The summed E-state index contributed by atoms with van der Waals surface area (Å²) in [7, 11) is 0. The average molecular weight is 227 g/mol. The summed E-state index contributed by atoms with van der Waals surface area (Å²) in [4.78, 5) is 3.30. The number of aromatic nitrogens is 1. The minimum absolute atomic E-state index is 0.152. The van der Waals surface area contributed by atoms with Gasteiger partial charge in [0, 0.05) is 6.20 Å². The van der Waals surface area contributed by atoms with Crippen LogP contribution in [0, 0.1) is 22.7 Å². The molecule has 0 bridgehead atoms. The van der Waals surface area contributed by atoms with Crippen molar-refractivity contribution in [2.45, 2.75) is 12.8 Å². The molecule has 0 aliphatic carbocycles. The summed E-state index contributed by atoms with van der Waals surface area (Å²) in [5, 5.41) is 17.1. The molecule has 0 aromatic carbocycles. The number of pyridine rings is 1. The second-order valence-corrected chi connectivity index (χ2v) is 2.64. The molecule has 0 saturated heterocycles. The molecule has 0 aliphatic heterocycles. The van der Waals surface area contributed by atoms with Crippen molar-refractivity contribution in [2.24, 2.45) is 0 Å². The Morgan fingerprint density at radius 3 is 2.56 bits per heavy atom. The topological polar surface area (TPSA) is 69.7 Å². The van der Waals surface area contributed by atoms with Gasteiger partial charge >= 0.3 is 6.36 Å². The van der Waals surface area contributed by atoms with Crippen LogP contribution in [0.15, 0.2) is 12.3 Å². The van der Waals surface area contributed by atoms with Crippen molar-refractivity contribution < 1.29 is 17.9 Å². The van der Waals surface area contributed by atoms with E-state index in [2.05, 4.69) is 9.72 Å². The Morgan fingerprint density at radius 2 is 2.06 bits per heavy atom. The molecule has 16 heavy (non-hydrogen) atoms. The number of halogens is 3. The van der Waals surface area contributed by atoms with Crippen molar-refractivity contribution in [3.05, 3.63) is 23.4 Å². The molecule has 0 amide bonds. The van der Waals surface area contributed by atoms with Crippen molar-refractivity contribution >= 4 is 0 Å². The van der Waals surface area contributed by atoms with Crippen molar-refractivity contribution in [1.29, 1.82) is 10.5 Å². The summed E-state index contributed by atoms with van der Waals surface area (Å²) in [6, 6.07) is 4.56. The maximum absolute atomic E-state index is 11.9. The van der Waals surface area contributed by atoms with E-state index in [1.54, 1.807) is 6.07 Å². The van der Waals surface area contributed by atoms with E-state index in [1.807, 2.05) is 0 Å². The van der Waals surface area contributed by atoms with Crippen LogP contribution < -0.4 is 4.74 Å². The van der Waals surface area contributed by atoms with E-state index < -0.39 is 12.2 Å². The molecule has 82 valence electrons. The van der Waals surface area contributed by atoms with Gasteiger partial charge in [-0.2, -0.15) is 10.5 Å². The van der Waals surface area contributed by atoms with Crippen LogP contribution in [0.25, 0.3) is 0 Å². The summed E-state index contributed by atoms with van der Waals surface area (Å²) >= 11 is 0. The van der Waals surface area contributed by atoms with Crippen LogP contribution in [0.2, 0.25) is 0 Å². The van der Waals surface area contributed by atoms with Gasteiger partial charge in [-0.3, -0.25) is 0 Å². The van der Waals surface area contributed by atoms with Gasteiger partial charge in [0.2, 0.25) is 5.88 Å². The average Bonchev–Trinajstić information content (AvgIpc) is 2.16. The number of nitriles is 2. The smallest absolute Gasteiger partial charge is 0.386 e. The van der Waals surface area contributed by atoms with Crippen LogP contribution in [0.5, 0.6) is 5.88 Å². The molecule has 0 atom stereocenters. The zero-order valence-corrected chi connectivity index (χ0v) is 7.75. The van der Waals surface area contributed by atoms with Gasteiger partial charge in [0.15, 0.2) is 0 Å². The van der Waals surface area contributed by atoms with Crippen LogP contribution in [0.3, 0.4) is 0 Å². The zero-order chi connectivity index (χ0) is 12.2. The summed E-state index contributed by atoms with van der Waals surface area (Å²) in [6.45, 7) is 0. The van der Waals surface area contributed by atoms with E-state index in [4.69, 9.17) is 10.5 Å². The number of hydrogen-bond acceptors (Lipinski definition) is 4. The third-order valence-corrected chi connectivity index (χ3v) is 1.60.